The Kier molecular flexibility index (Phi) is 8.26. The van der Waals surface area contributed by atoms with Gasteiger partial charge in [0.2, 0.25) is 5.91 Å². The average Bonchev–Trinajstić information content (AvgIpc) is 2.57. The Hall–Kier alpha value is -3.01. The molecule has 7 nitrogen and oxygen atoms in total. The van der Waals surface area contributed by atoms with Gasteiger partial charge >= 0.3 is 6.09 Å². The van der Waals surface area contributed by atoms with Crippen LogP contribution in [0.4, 0.5) is 4.79 Å². The van der Waals surface area contributed by atoms with Crippen molar-refractivity contribution in [3.63, 3.8) is 0 Å². The first-order valence-electron chi connectivity index (χ1n) is 9.48. The first kappa shape index (κ1) is 24.0. The Morgan fingerprint density at radius 3 is 2.34 bits per heavy atom. The number of carbonyl (C=O) groups is 3. The number of benzene rings is 1. The minimum Gasteiger partial charge on any atom is -0.444 e. The Labute approximate surface area is 173 Å². The smallest absolute Gasteiger partial charge is 0.408 e. The number of nitrogens with one attached hydrogen (secondary N) is 2. The maximum Gasteiger partial charge on any atom is 0.408 e. The molecule has 0 aromatic heterocycles. The third-order valence-electron chi connectivity index (χ3n) is 3.86. The molecule has 7 heteroatoms. The van der Waals surface area contributed by atoms with Crippen LogP contribution in [-0.2, 0) is 14.3 Å². The van der Waals surface area contributed by atoms with E-state index in [2.05, 4.69) is 16.7 Å². The van der Waals surface area contributed by atoms with E-state index < -0.39 is 36.1 Å². The summed E-state index contributed by atoms with van der Waals surface area (Å²) in [7, 11) is 0. The van der Waals surface area contributed by atoms with Gasteiger partial charge < -0.3 is 15.4 Å². The van der Waals surface area contributed by atoms with Gasteiger partial charge in [0, 0.05) is 12.1 Å². The fraction of sp³-hybridized carbons (Fsp3) is 0.500. The van der Waals surface area contributed by atoms with Crippen molar-refractivity contribution in [2.24, 2.45) is 0 Å². The third kappa shape index (κ3) is 7.49. The second-order valence-electron chi connectivity index (χ2n) is 8.17. The summed E-state index contributed by atoms with van der Waals surface area (Å²) in [5.74, 6) is -0.986. The van der Waals surface area contributed by atoms with Crippen LogP contribution in [0, 0.1) is 26.3 Å². The van der Waals surface area contributed by atoms with Gasteiger partial charge in [-0.1, -0.05) is 30.2 Å². The van der Waals surface area contributed by atoms with Crippen molar-refractivity contribution in [3.05, 3.63) is 34.9 Å². The molecular weight excluding hydrogens is 370 g/mol. The highest BCUT2D eigenvalue weighted by Crippen LogP contribution is 2.25. The third-order valence-corrected chi connectivity index (χ3v) is 3.86. The van der Waals surface area contributed by atoms with Gasteiger partial charge in [0.25, 0.3) is 5.91 Å². The maximum absolute atomic E-state index is 12.9. The minimum atomic E-state index is -1.02. The number of carbonyl (C=O) groups excluding carboxylic acids is 3. The molecule has 2 N–H and O–H groups in total. The first-order valence-corrected chi connectivity index (χ1v) is 9.48. The van der Waals surface area contributed by atoms with E-state index in [0.29, 0.717) is 5.56 Å². The van der Waals surface area contributed by atoms with E-state index in [9.17, 15) is 14.4 Å². The molecule has 1 rings (SSSR count). The minimum absolute atomic E-state index is 0.135. The van der Waals surface area contributed by atoms with E-state index in [1.807, 2.05) is 45.9 Å². The molecular formula is C22H31N3O4. The van der Waals surface area contributed by atoms with Crippen LogP contribution in [-0.4, -0.2) is 41.0 Å². The van der Waals surface area contributed by atoms with Gasteiger partial charge in [-0.15, -0.1) is 0 Å². The topological polar surface area (TPSA) is 87.7 Å². The second-order valence-corrected chi connectivity index (χ2v) is 8.17. The summed E-state index contributed by atoms with van der Waals surface area (Å²) in [5, 5.41) is 5.20. The van der Waals surface area contributed by atoms with Crippen LogP contribution < -0.4 is 10.6 Å². The summed E-state index contributed by atoms with van der Waals surface area (Å²) >= 11 is 0. The summed E-state index contributed by atoms with van der Waals surface area (Å²) in [4.78, 5) is 38.6. The van der Waals surface area contributed by atoms with Gasteiger partial charge in [0.1, 0.15) is 18.2 Å². The number of hydrogen-bond donors (Lipinski definition) is 2. The zero-order valence-corrected chi connectivity index (χ0v) is 18.3. The quantitative estimate of drug-likeness (QED) is 0.567. The van der Waals surface area contributed by atoms with E-state index in [0.717, 1.165) is 16.0 Å². The predicted molar refractivity (Wildman–Crippen MR) is 112 cm³/mol. The van der Waals surface area contributed by atoms with Crippen molar-refractivity contribution in [2.75, 3.05) is 6.54 Å². The highest BCUT2D eigenvalue weighted by molar-refractivity contribution is 5.91. The van der Waals surface area contributed by atoms with E-state index in [1.54, 1.807) is 20.8 Å². The zero-order valence-electron chi connectivity index (χ0n) is 18.3. The predicted octanol–water partition coefficient (Wildman–Crippen LogP) is 2.81. The molecule has 3 amide bonds. The lowest BCUT2D eigenvalue weighted by molar-refractivity contribution is -0.136. The van der Waals surface area contributed by atoms with Gasteiger partial charge in [-0.05, 0) is 59.6 Å². The molecule has 29 heavy (non-hydrogen) atoms. The van der Waals surface area contributed by atoms with Crippen molar-refractivity contribution in [3.8, 4) is 12.5 Å². The fourth-order valence-corrected chi connectivity index (χ4v) is 2.65. The van der Waals surface area contributed by atoms with Gasteiger partial charge in [0.05, 0.1) is 0 Å². The van der Waals surface area contributed by atoms with Crippen LogP contribution in [0.3, 0.4) is 0 Å². The van der Waals surface area contributed by atoms with E-state index in [-0.39, 0.29) is 6.04 Å². The van der Waals surface area contributed by atoms with Gasteiger partial charge in [-0.3, -0.25) is 14.5 Å². The molecule has 0 saturated heterocycles. The van der Waals surface area contributed by atoms with Gasteiger partial charge in [0.15, 0.2) is 0 Å². The molecule has 1 aromatic rings. The lowest BCUT2D eigenvalue weighted by atomic mass is 9.97. The number of terminal acetylenes is 1. The number of ether oxygens (including phenoxy) is 1. The summed E-state index contributed by atoms with van der Waals surface area (Å²) < 4.78 is 5.13. The maximum atomic E-state index is 12.9. The molecule has 0 heterocycles. The van der Waals surface area contributed by atoms with Crippen LogP contribution in [0.15, 0.2) is 18.2 Å². The number of rotatable bonds is 6. The Balaban J connectivity index is 3.16. The van der Waals surface area contributed by atoms with E-state index in [1.165, 1.54) is 0 Å². The molecule has 1 atom stereocenters. The van der Waals surface area contributed by atoms with E-state index in [4.69, 9.17) is 11.2 Å². The number of nitrogens with zero attached hydrogens (tertiary/aromatic N) is 1. The molecule has 0 bridgehead atoms. The van der Waals surface area contributed by atoms with E-state index >= 15 is 0 Å². The molecule has 1 unspecified atom stereocenters. The standard InChI is InChI=1S/C22H31N3O4/c1-9-25(18(26)13-23-21(28)29-22(6,7)8)19(20(27)24-14(2)3)17-12-15(4)10-11-16(17)5/h1,10-12,14,19H,13H2,2-8H3,(H,23,28)(H,24,27). The second kappa shape index (κ2) is 9.97. The van der Waals surface area contributed by atoms with Crippen LogP contribution >= 0.6 is 0 Å². The Morgan fingerprint density at radius 2 is 1.83 bits per heavy atom. The van der Waals surface area contributed by atoms with Crippen LogP contribution in [0.1, 0.15) is 57.4 Å². The summed E-state index contributed by atoms with van der Waals surface area (Å²) in [6.07, 6.45) is 4.87. The Bertz CT molecular complexity index is 803. The molecule has 0 radical (unpaired) electrons. The molecule has 0 spiro atoms. The monoisotopic (exact) mass is 401 g/mol. The van der Waals surface area contributed by atoms with Crippen molar-refractivity contribution in [1.29, 1.82) is 0 Å². The fourth-order valence-electron chi connectivity index (χ4n) is 2.65. The molecule has 0 saturated carbocycles. The van der Waals surface area contributed by atoms with Crippen LogP contribution in [0.5, 0.6) is 0 Å². The summed E-state index contributed by atoms with van der Waals surface area (Å²) in [6, 6.07) is 6.78. The average molecular weight is 402 g/mol. The molecule has 1 aromatic carbocycles. The summed E-state index contributed by atoms with van der Waals surface area (Å²) in [5.41, 5.74) is 1.70. The lowest BCUT2D eigenvalue weighted by Crippen LogP contribution is -2.47. The molecule has 0 aliphatic heterocycles. The highest BCUT2D eigenvalue weighted by Gasteiger charge is 2.32. The lowest BCUT2D eigenvalue weighted by Gasteiger charge is -2.28. The summed E-state index contributed by atoms with van der Waals surface area (Å²) in [6.45, 7) is 12.2. The van der Waals surface area contributed by atoms with Crippen LogP contribution in [0.25, 0.3) is 0 Å². The van der Waals surface area contributed by atoms with Gasteiger partial charge in [-0.2, -0.15) is 0 Å². The van der Waals surface area contributed by atoms with Crippen molar-refractivity contribution in [2.45, 2.75) is 66.2 Å². The molecule has 158 valence electrons. The van der Waals surface area contributed by atoms with Crippen molar-refractivity contribution in [1.82, 2.24) is 15.5 Å². The molecule has 0 aliphatic carbocycles. The largest absolute Gasteiger partial charge is 0.444 e. The molecule has 0 aliphatic rings. The van der Waals surface area contributed by atoms with Gasteiger partial charge in [-0.25, -0.2) is 4.79 Å². The van der Waals surface area contributed by atoms with Crippen molar-refractivity contribution >= 4 is 17.9 Å². The van der Waals surface area contributed by atoms with Crippen LogP contribution in [0.2, 0.25) is 0 Å². The van der Waals surface area contributed by atoms with Crippen molar-refractivity contribution < 1.29 is 19.1 Å². The number of alkyl carbamates (subject to hydrolysis) is 1. The Morgan fingerprint density at radius 1 is 1.21 bits per heavy atom. The molecule has 0 fully saturated rings. The number of amides is 3. The normalized spacial score (nSPS) is 12.0. The number of aryl methyl sites for hydroxylation is 2. The highest BCUT2D eigenvalue weighted by atomic mass is 16.6. The SMILES string of the molecule is C#CN(C(=O)CNC(=O)OC(C)(C)C)C(C(=O)NC(C)C)c1cc(C)ccc1C. The number of hydrogen-bond acceptors (Lipinski definition) is 4. The first-order chi connectivity index (χ1) is 13.4. The zero-order chi connectivity index (χ0) is 22.4.